The molecule has 4 nitrogen and oxygen atoms in total. The van der Waals surface area contributed by atoms with E-state index in [1.165, 1.54) is 12.8 Å². The van der Waals surface area contributed by atoms with Crippen molar-refractivity contribution in [2.24, 2.45) is 0 Å². The van der Waals surface area contributed by atoms with E-state index in [0.717, 1.165) is 42.7 Å². The van der Waals surface area contributed by atoms with Gasteiger partial charge in [0.05, 0.1) is 0 Å². The molecule has 0 spiro atoms. The molecule has 1 N–H and O–H groups in total. The van der Waals surface area contributed by atoms with Gasteiger partial charge in [0.15, 0.2) is 0 Å². The van der Waals surface area contributed by atoms with Crippen molar-refractivity contribution in [3.8, 4) is 0 Å². The molecular weight excluding hydrogens is 246 g/mol. The zero-order chi connectivity index (χ0) is 12.4. The molecule has 3 rings (SSSR count). The van der Waals surface area contributed by atoms with Crippen LogP contribution in [0.5, 0.6) is 0 Å². The van der Waals surface area contributed by atoms with Crippen molar-refractivity contribution in [1.29, 1.82) is 0 Å². The Morgan fingerprint density at radius 2 is 2.00 bits per heavy atom. The maximum Gasteiger partial charge on any atom is 0.135 e. The first-order valence-corrected chi connectivity index (χ1v) is 7.54. The Morgan fingerprint density at radius 3 is 2.67 bits per heavy atom. The highest BCUT2D eigenvalue weighted by Gasteiger charge is 2.27. The third-order valence-corrected chi connectivity index (χ3v) is 4.63. The molecule has 0 bridgehead atoms. The highest BCUT2D eigenvalue weighted by Crippen LogP contribution is 2.39. The molecule has 0 aromatic carbocycles. The Hall–Kier alpha value is -0.810. The predicted octanol–water partition coefficient (Wildman–Crippen LogP) is 2.67. The lowest BCUT2D eigenvalue weighted by atomic mass is 10.2. The molecule has 1 saturated heterocycles. The van der Waals surface area contributed by atoms with Crippen molar-refractivity contribution in [3.63, 3.8) is 0 Å². The van der Waals surface area contributed by atoms with Crippen LogP contribution in [0.25, 0.3) is 0 Å². The minimum atomic E-state index is 0.604. The Morgan fingerprint density at radius 1 is 1.22 bits per heavy atom. The first kappa shape index (κ1) is 12.2. The van der Waals surface area contributed by atoms with E-state index in [4.69, 9.17) is 9.72 Å². The molecule has 0 unspecified atom stereocenters. The highest BCUT2D eigenvalue weighted by atomic mass is 32.2. The van der Waals surface area contributed by atoms with Gasteiger partial charge in [0.2, 0.25) is 0 Å². The van der Waals surface area contributed by atoms with E-state index in [2.05, 4.69) is 16.4 Å². The fourth-order valence-corrected chi connectivity index (χ4v) is 3.22. The second kappa shape index (κ2) is 5.45. The number of rotatable bonds is 4. The quantitative estimate of drug-likeness (QED) is 0.848. The number of hydrogen-bond acceptors (Lipinski definition) is 5. The zero-order valence-electron chi connectivity index (χ0n) is 10.7. The van der Waals surface area contributed by atoms with E-state index >= 15 is 0 Å². The molecule has 0 atom stereocenters. The predicted molar refractivity (Wildman–Crippen MR) is 73.3 cm³/mol. The van der Waals surface area contributed by atoms with Crippen LogP contribution in [0, 0.1) is 0 Å². The lowest BCUT2D eigenvalue weighted by Crippen LogP contribution is -2.17. The number of hydrogen-bond donors (Lipinski definition) is 1. The lowest BCUT2D eigenvalue weighted by molar-refractivity contribution is 0.1000. The summed E-state index contributed by atoms with van der Waals surface area (Å²) in [6.07, 6.45) is 4.74. The van der Waals surface area contributed by atoms with Crippen molar-refractivity contribution in [3.05, 3.63) is 11.9 Å². The van der Waals surface area contributed by atoms with Crippen molar-refractivity contribution in [1.82, 2.24) is 9.97 Å². The monoisotopic (exact) mass is 265 g/mol. The molecule has 2 fully saturated rings. The van der Waals surface area contributed by atoms with Gasteiger partial charge in [0.1, 0.15) is 16.7 Å². The first-order valence-electron chi connectivity index (χ1n) is 6.66. The number of ether oxygens (including phenoxy) is 1. The molecule has 2 heterocycles. The summed E-state index contributed by atoms with van der Waals surface area (Å²) in [5.74, 6) is 2.57. The molecule has 2 aliphatic rings. The van der Waals surface area contributed by atoms with E-state index < -0.39 is 0 Å². The second-order valence-corrected chi connectivity index (χ2v) is 6.22. The summed E-state index contributed by atoms with van der Waals surface area (Å²) >= 11 is 1.88. The zero-order valence-corrected chi connectivity index (χ0v) is 11.5. The maximum atomic E-state index is 5.40. The topological polar surface area (TPSA) is 47.0 Å². The fourth-order valence-electron chi connectivity index (χ4n) is 2.12. The normalized spacial score (nSPS) is 20.9. The Kier molecular flexibility index (Phi) is 3.70. The third-order valence-electron chi connectivity index (χ3n) is 3.37. The van der Waals surface area contributed by atoms with Gasteiger partial charge in [-0.25, -0.2) is 9.97 Å². The smallest absolute Gasteiger partial charge is 0.135 e. The summed E-state index contributed by atoms with van der Waals surface area (Å²) in [6, 6.07) is 2.06. The molecule has 1 aliphatic carbocycles. The Labute approximate surface area is 112 Å². The van der Waals surface area contributed by atoms with Crippen LogP contribution in [0.4, 0.5) is 5.82 Å². The number of aromatic nitrogens is 2. The summed E-state index contributed by atoms with van der Waals surface area (Å²) in [6.45, 7) is 1.77. The van der Waals surface area contributed by atoms with Crippen LogP contribution < -0.4 is 5.32 Å². The van der Waals surface area contributed by atoms with Crippen LogP contribution in [0.15, 0.2) is 11.1 Å². The van der Waals surface area contributed by atoms with E-state index in [1.807, 2.05) is 18.8 Å². The van der Waals surface area contributed by atoms with Gasteiger partial charge in [0.25, 0.3) is 0 Å². The number of anilines is 1. The van der Waals surface area contributed by atoms with Gasteiger partial charge < -0.3 is 10.1 Å². The summed E-state index contributed by atoms with van der Waals surface area (Å²) in [7, 11) is 1.92. The number of nitrogens with one attached hydrogen (secondary N) is 1. The summed E-state index contributed by atoms with van der Waals surface area (Å²) in [4.78, 5) is 9.26. The second-order valence-electron chi connectivity index (χ2n) is 4.90. The summed E-state index contributed by atoms with van der Waals surface area (Å²) in [5, 5.41) is 4.90. The van der Waals surface area contributed by atoms with Crippen LogP contribution >= 0.6 is 11.8 Å². The first-order chi connectivity index (χ1) is 8.85. The molecule has 5 heteroatoms. The summed E-state index contributed by atoms with van der Waals surface area (Å²) in [5.41, 5.74) is 0. The van der Waals surface area contributed by atoms with Crippen molar-refractivity contribution >= 4 is 17.6 Å². The van der Waals surface area contributed by atoms with Gasteiger partial charge in [-0.2, -0.15) is 0 Å². The lowest BCUT2D eigenvalue weighted by Gasteiger charge is -2.21. The standard InChI is InChI=1S/C13H19N3OS/c1-14-11-8-12(16-13(15-11)9-2-3-9)18-10-4-6-17-7-5-10/h8-10H,2-7H2,1H3,(H,14,15,16). The van der Waals surface area contributed by atoms with Gasteiger partial charge in [-0.15, -0.1) is 11.8 Å². The molecule has 0 radical (unpaired) electrons. The molecule has 1 aromatic rings. The maximum absolute atomic E-state index is 5.40. The SMILES string of the molecule is CNc1cc(SC2CCOCC2)nc(C2CC2)n1. The van der Waals surface area contributed by atoms with Gasteiger partial charge in [0, 0.05) is 37.5 Å². The minimum absolute atomic E-state index is 0.604. The van der Waals surface area contributed by atoms with Crippen LogP contribution in [-0.4, -0.2) is 35.5 Å². The van der Waals surface area contributed by atoms with Crippen molar-refractivity contribution in [2.45, 2.75) is 41.9 Å². The van der Waals surface area contributed by atoms with Crippen LogP contribution in [0.3, 0.4) is 0 Å². The van der Waals surface area contributed by atoms with Gasteiger partial charge in [-0.3, -0.25) is 0 Å². The molecule has 18 heavy (non-hydrogen) atoms. The molecule has 1 aromatic heterocycles. The minimum Gasteiger partial charge on any atom is -0.381 e. The number of nitrogens with zero attached hydrogens (tertiary/aromatic N) is 2. The Balaban J connectivity index is 1.74. The van der Waals surface area contributed by atoms with E-state index in [9.17, 15) is 0 Å². The van der Waals surface area contributed by atoms with Gasteiger partial charge in [-0.05, 0) is 25.7 Å². The van der Waals surface area contributed by atoms with Crippen LogP contribution in [-0.2, 0) is 4.74 Å². The molecule has 1 aliphatic heterocycles. The van der Waals surface area contributed by atoms with Crippen LogP contribution in [0.1, 0.15) is 37.4 Å². The van der Waals surface area contributed by atoms with E-state index in [1.54, 1.807) is 0 Å². The molecule has 98 valence electrons. The third kappa shape index (κ3) is 2.95. The average Bonchev–Trinajstić information content (AvgIpc) is 3.24. The molecular formula is C13H19N3OS. The van der Waals surface area contributed by atoms with Gasteiger partial charge in [-0.1, -0.05) is 0 Å². The van der Waals surface area contributed by atoms with Gasteiger partial charge >= 0.3 is 0 Å². The Bertz CT molecular complexity index is 417. The highest BCUT2D eigenvalue weighted by molar-refractivity contribution is 7.99. The largest absolute Gasteiger partial charge is 0.381 e. The van der Waals surface area contributed by atoms with Crippen molar-refractivity contribution < 1.29 is 4.74 Å². The van der Waals surface area contributed by atoms with E-state index in [0.29, 0.717) is 11.2 Å². The van der Waals surface area contributed by atoms with E-state index in [-0.39, 0.29) is 0 Å². The molecule has 0 amide bonds. The van der Waals surface area contributed by atoms with Crippen molar-refractivity contribution in [2.75, 3.05) is 25.6 Å². The fraction of sp³-hybridized carbons (Fsp3) is 0.692. The van der Waals surface area contributed by atoms with Crippen LogP contribution in [0.2, 0.25) is 0 Å². The summed E-state index contributed by atoms with van der Waals surface area (Å²) < 4.78 is 5.40. The average molecular weight is 265 g/mol. The number of thioether (sulfide) groups is 1. The molecule has 1 saturated carbocycles.